The quantitative estimate of drug-likeness (QED) is 0.879. The Bertz CT molecular complexity index is 444. The van der Waals surface area contributed by atoms with Gasteiger partial charge in [0.15, 0.2) is 5.75 Å². The molecule has 0 saturated heterocycles. The molecule has 0 bridgehead atoms. The van der Waals surface area contributed by atoms with Crippen molar-refractivity contribution in [3.63, 3.8) is 0 Å². The van der Waals surface area contributed by atoms with E-state index in [9.17, 15) is 0 Å². The smallest absolute Gasteiger partial charge is 0.161 e. The molecule has 5 nitrogen and oxygen atoms in total. The zero-order valence-electron chi connectivity index (χ0n) is 10.2. The van der Waals surface area contributed by atoms with E-state index >= 15 is 0 Å². The molecule has 17 heavy (non-hydrogen) atoms. The van der Waals surface area contributed by atoms with Gasteiger partial charge < -0.3 is 10.1 Å². The standard InChI is InChI=1S/C11H16N4OS/c1-4-15-11(8(16-3)5-14-15)10(12-2)9-6-13-7-17-9/h5-7,10,12H,4H2,1-3H3. The average Bonchev–Trinajstić information content (AvgIpc) is 2.99. The number of hydrogen-bond donors (Lipinski definition) is 1. The van der Waals surface area contributed by atoms with Gasteiger partial charge in [0.1, 0.15) is 5.69 Å². The molecule has 0 aliphatic rings. The number of rotatable bonds is 5. The fourth-order valence-corrected chi connectivity index (χ4v) is 2.59. The van der Waals surface area contributed by atoms with Crippen molar-refractivity contribution in [2.75, 3.05) is 14.2 Å². The number of thiazole rings is 1. The Morgan fingerprint density at radius 2 is 2.35 bits per heavy atom. The highest BCUT2D eigenvalue weighted by Crippen LogP contribution is 2.31. The highest BCUT2D eigenvalue weighted by Gasteiger charge is 2.22. The minimum Gasteiger partial charge on any atom is -0.493 e. The molecule has 1 atom stereocenters. The number of ether oxygens (including phenoxy) is 1. The first-order chi connectivity index (χ1) is 8.31. The van der Waals surface area contributed by atoms with Crippen LogP contribution in [0.1, 0.15) is 23.5 Å². The van der Waals surface area contributed by atoms with Crippen LogP contribution >= 0.6 is 11.3 Å². The SMILES string of the molecule is CCn1ncc(OC)c1C(NC)c1cncs1. The second-order valence-electron chi connectivity index (χ2n) is 3.54. The maximum Gasteiger partial charge on any atom is 0.161 e. The lowest BCUT2D eigenvalue weighted by molar-refractivity contribution is 0.401. The Hall–Kier alpha value is -1.40. The van der Waals surface area contributed by atoms with Crippen molar-refractivity contribution in [3.8, 4) is 5.75 Å². The number of aryl methyl sites for hydroxylation is 1. The van der Waals surface area contributed by atoms with Crippen molar-refractivity contribution in [2.24, 2.45) is 0 Å². The molecule has 0 saturated carbocycles. The predicted molar refractivity (Wildman–Crippen MR) is 67.5 cm³/mol. The van der Waals surface area contributed by atoms with Crippen LogP contribution in [-0.4, -0.2) is 28.9 Å². The molecule has 2 heterocycles. The first-order valence-corrected chi connectivity index (χ1v) is 6.35. The molecule has 1 unspecified atom stereocenters. The van der Waals surface area contributed by atoms with Gasteiger partial charge in [0.2, 0.25) is 0 Å². The van der Waals surface area contributed by atoms with E-state index in [0.717, 1.165) is 22.9 Å². The first-order valence-electron chi connectivity index (χ1n) is 5.47. The molecule has 0 radical (unpaired) electrons. The van der Waals surface area contributed by atoms with E-state index in [-0.39, 0.29) is 6.04 Å². The zero-order chi connectivity index (χ0) is 12.3. The summed E-state index contributed by atoms with van der Waals surface area (Å²) in [5.41, 5.74) is 2.88. The first kappa shape index (κ1) is 12.1. The molecular weight excluding hydrogens is 236 g/mol. The normalized spacial score (nSPS) is 12.6. The molecule has 0 aliphatic carbocycles. The third kappa shape index (κ3) is 2.18. The Labute approximate surface area is 104 Å². The molecule has 2 rings (SSSR count). The van der Waals surface area contributed by atoms with Crippen molar-refractivity contribution >= 4 is 11.3 Å². The minimum atomic E-state index is 0.0694. The van der Waals surface area contributed by atoms with Gasteiger partial charge in [0, 0.05) is 17.6 Å². The predicted octanol–water partition coefficient (Wildman–Crippen LogP) is 1.68. The lowest BCUT2D eigenvalue weighted by Crippen LogP contribution is -2.21. The fourth-order valence-electron chi connectivity index (χ4n) is 1.86. The highest BCUT2D eigenvalue weighted by atomic mass is 32.1. The lowest BCUT2D eigenvalue weighted by Gasteiger charge is -2.17. The van der Waals surface area contributed by atoms with Crippen LogP contribution in [0.2, 0.25) is 0 Å². The maximum absolute atomic E-state index is 5.37. The zero-order valence-corrected chi connectivity index (χ0v) is 11.0. The van der Waals surface area contributed by atoms with Crippen LogP contribution in [0.4, 0.5) is 0 Å². The third-order valence-electron chi connectivity index (χ3n) is 2.66. The van der Waals surface area contributed by atoms with Crippen LogP contribution in [-0.2, 0) is 6.54 Å². The minimum absolute atomic E-state index is 0.0694. The molecule has 0 aromatic carbocycles. The molecule has 2 aromatic heterocycles. The van der Waals surface area contributed by atoms with E-state index in [0.29, 0.717) is 0 Å². The number of methoxy groups -OCH3 is 1. The van der Waals surface area contributed by atoms with Gasteiger partial charge in [-0.05, 0) is 14.0 Å². The molecule has 92 valence electrons. The highest BCUT2D eigenvalue weighted by molar-refractivity contribution is 7.09. The van der Waals surface area contributed by atoms with Gasteiger partial charge >= 0.3 is 0 Å². The Morgan fingerprint density at radius 3 is 2.88 bits per heavy atom. The van der Waals surface area contributed by atoms with E-state index in [1.54, 1.807) is 24.6 Å². The summed E-state index contributed by atoms with van der Waals surface area (Å²) < 4.78 is 7.31. The number of nitrogens with zero attached hydrogens (tertiary/aromatic N) is 3. The average molecular weight is 252 g/mol. The Kier molecular flexibility index (Phi) is 3.75. The van der Waals surface area contributed by atoms with Crippen molar-refractivity contribution in [2.45, 2.75) is 19.5 Å². The van der Waals surface area contributed by atoms with Gasteiger partial charge in [-0.3, -0.25) is 9.67 Å². The monoisotopic (exact) mass is 252 g/mol. The van der Waals surface area contributed by atoms with E-state index in [1.165, 1.54) is 0 Å². The molecule has 0 amide bonds. The summed E-state index contributed by atoms with van der Waals surface area (Å²) in [6.45, 7) is 2.88. The Balaban J connectivity index is 2.46. The summed E-state index contributed by atoms with van der Waals surface area (Å²) in [6.07, 6.45) is 3.63. The topological polar surface area (TPSA) is 52.0 Å². The van der Waals surface area contributed by atoms with Crippen molar-refractivity contribution in [3.05, 3.63) is 28.5 Å². The van der Waals surface area contributed by atoms with Crippen LogP contribution in [0.5, 0.6) is 5.75 Å². The van der Waals surface area contributed by atoms with Gasteiger partial charge in [0.05, 0.1) is 24.9 Å². The van der Waals surface area contributed by atoms with E-state index in [2.05, 4.69) is 22.3 Å². The van der Waals surface area contributed by atoms with Gasteiger partial charge in [-0.2, -0.15) is 5.10 Å². The molecule has 6 heteroatoms. The van der Waals surface area contributed by atoms with Crippen LogP contribution < -0.4 is 10.1 Å². The van der Waals surface area contributed by atoms with Gasteiger partial charge in [0.25, 0.3) is 0 Å². The second-order valence-corrected chi connectivity index (χ2v) is 4.46. The summed E-state index contributed by atoms with van der Waals surface area (Å²) in [5.74, 6) is 0.805. The Morgan fingerprint density at radius 1 is 1.53 bits per heavy atom. The van der Waals surface area contributed by atoms with Crippen molar-refractivity contribution in [1.82, 2.24) is 20.1 Å². The molecule has 2 aromatic rings. The van der Waals surface area contributed by atoms with Crippen LogP contribution in [0.15, 0.2) is 17.9 Å². The summed E-state index contributed by atoms with van der Waals surface area (Å²) in [4.78, 5) is 5.27. The van der Waals surface area contributed by atoms with Crippen LogP contribution in [0.25, 0.3) is 0 Å². The van der Waals surface area contributed by atoms with E-state index in [1.807, 2.05) is 23.4 Å². The van der Waals surface area contributed by atoms with E-state index in [4.69, 9.17) is 4.74 Å². The molecule has 0 spiro atoms. The number of aromatic nitrogens is 3. The van der Waals surface area contributed by atoms with Crippen molar-refractivity contribution in [1.29, 1.82) is 0 Å². The maximum atomic E-state index is 5.37. The lowest BCUT2D eigenvalue weighted by atomic mass is 10.1. The number of hydrogen-bond acceptors (Lipinski definition) is 5. The summed E-state index contributed by atoms with van der Waals surface area (Å²) in [7, 11) is 3.59. The summed E-state index contributed by atoms with van der Waals surface area (Å²) in [6, 6.07) is 0.0694. The number of nitrogens with one attached hydrogen (secondary N) is 1. The van der Waals surface area contributed by atoms with Crippen molar-refractivity contribution < 1.29 is 4.74 Å². The van der Waals surface area contributed by atoms with Gasteiger partial charge in [-0.25, -0.2) is 0 Å². The molecule has 0 aliphatic heterocycles. The van der Waals surface area contributed by atoms with Crippen LogP contribution in [0, 0.1) is 0 Å². The molecular formula is C11H16N4OS. The summed E-state index contributed by atoms with van der Waals surface area (Å²) >= 11 is 1.62. The fraction of sp³-hybridized carbons (Fsp3) is 0.455. The molecule has 0 fully saturated rings. The van der Waals surface area contributed by atoms with Gasteiger partial charge in [-0.15, -0.1) is 11.3 Å². The largest absolute Gasteiger partial charge is 0.493 e. The third-order valence-corrected chi connectivity index (χ3v) is 3.50. The van der Waals surface area contributed by atoms with E-state index < -0.39 is 0 Å². The van der Waals surface area contributed by atoms with Gasteiger partial charge in [-0.1, -0.05) is 0 Å². The second kappa shape index (κ2) is 5.29. The van der Waals surface area contributed by atoms with Crippen LogP contribution in [0.3, 0.4) is 0 Å². The molecule has 1 N–H and O–H groups in total. The summed E-state index contributed by atoms with van der Waals surface area (Å²) in [5, 5.41) is 7.61.